The maximum absolute atomic E-state index is 12.8. The van der Waals surface area contributed by atoms with Gasteiger partial charge in [-0.3, -0.25) is 14.9 Å². The minimum absolute atomic E-state index is 0.0161. The zero-order valence-corrected chi connectivity index (χ0v) is 17.6. The number of carbonyl (C=O) groups excluding carboxylic acids is 1. The Kier molecular flexibility index (Phi) is 5.24. The summed E-state index contributed by atoms with van der Waals surface area (Å²) in [5.74, 6) is 0.0539. The molecule has 0 spiro atoms. The highest BCUT2D eigenvalue weighted by Gasteiger charge is 2.33. The van der Waals surface area contributed by atoms with Gasteiger partial charge < -0.3 is 5.32 Å². The molecule has 10 heteroatoms. The standard InChI is InChI=1S/C19H24N4O5S/c1-12-9-13(5-6-15(12)23(25)26)18(24)20-17-10-16(19(2,3)4)21-22(17)14-7-8-29(27,28)11-14/h5-6,9-10,14H,7-8,11H2,1-4H3,(H,20,24). The van der Waals surface area contributed by atoms with Crippen molar-refractivity contribution in [2.45, 2.75) is 45.6 Å². The van der Waals surface area contributed by atoms with Gasteiger partial charge in [0, 0.05) is 28.7 Å². The molecule has 1 aromatic heterocycles. The van der Waals surface area contributed by atoms with Crippen LogP contribution in [0.5, 0.6) is 0 Å². The van der Waals surface area contributed by atoms with Crippen LogP contribution in [0.1, 0.15) is 54.8 Å². The second kappa shape index (κ2) is 7.25. The summed E-state index contributed by atoms with van der Waals surface area (Å²) in [5, 5.41) is 18.4. The highest BCUT2D eigenvalue weighted by atomic mass is 32.2. The number of aromatic nitrogens is 2. The van der Waals surface area contributed by atoms with Crippen LogP contribution in [-0.4, -0.2) is 40.5 Å². The SMILES string of the molecule is Cc1cc(C(=O)Nc2cc(C(C)(C)C)nn2C2CCS(=O)(=O)C2)ccc1[N+](=O)[O-]. The van der Waals surface area contributed by atoms with Crippen LogP contribution in [0.25, 0.3) is 0 Å². The van der Waals surface area contributed by atoms with Crippen LogP contribution in [-0.2, 0) is 15.3 Å². The predicted octanol–water partition coefficient (Wildman–Crippen LogP) is 3.01. The molecule has 3 rings (SSSR count). The molecule has 1 aliphatic heterocycles. The molecule has 0 bridgehead atoms. The van der Waals surface area contributed by atoms with Gasteiger partial charge in [0.05, 0.1) is 28.2 Å². The largest absolute Gasteiger partial charge is 0.307 e. The van der Waals surface area contributed by atoms with Gasteiger partial charge in [0.15, 0.2) is 9.84 Å². The molecule has 1 aromatic carbocycles. The Hall–Kier alpha value is -2.75. The molecule has 1 aliphatic rings. The molecule has 1 amide bonds. The number of sulfone groups is 1. The van der Waals surface area contributed by atoms with Crippen LogP contribution in [0.2, 0.25) is 0 Å². The molecular weight excluding hydrogens is 396 g/mol. The first kappa shape index (κ1) is 21.0. The summed E-state index contributed by atoms with van der Waals surface area (Å²) in [4.78, 5) is 23.2. The van der Waals surface area contributed by atoms with Gasteiger partial charge in [-0.1, -0.05) is 20.8 Å². The van der Waals surface area contributed by atoms with Gasteiger partial charge in [-0.05, 0) is 25.5 Å². The fourth-order valence-corrected chi connectivity index (χ4v) is 4.98. The number of nitro groups is 1. The van der Waals surface area contributed by atoms with Gasteiger partial charge in [-0.2, -0.15) is 5.10 Å². The zero-order chi connectivity index (χ0) is 21.6. The van der Waals surface area contributed by atoms with Gasteiger partial charge in [-0.15, -0.1) is 0 Å². The third-order valence-corrected chi connectivity index (χ3v) is 6.71. The number of amides is 1. The number of nitrogens with zero attached hydrogens (tertiary/aromatic N) is 3. The Bertz CT molecular complexity index is 1080. The first-order chi connectivity index (χ1) is 13.4. The van der Waals surface area contributed by atoms with Crippen molar-refractivity contribution in [3.05, 3.63) is 51.2 Å². The van der Waals surface area contributed by atoms with E-state index >= 15 is 0 Å². The fraction of sp³-hybridized carbons (Fsp3) is 0.474. The van der Waals surface area contributed by atoms with Gasteiger partial charge in [-0.25, -0.2) is 13.1 Å². The summed E-state index contributed by atoms with van der Waals surface area (Å²) >= 11 is 0. The van der Waals surface area contributed by atoms with Crippen molar-refractivity contribution in [3.63, 3.8) is 0 Å². The molecule has 2 aromatic rings. The number of benzene rings is 1. The van der Waals surface area contributed by atoms with Crippen molar-refractivity contribution in [1.29, 1.82) is 0 Å². The number of hydrogen-bond acceptors (Lipinski definition) is 6. The van der Waals surface area contributed by atoms with Crippen molar-refractivity contribution in [1.82, 2.24) is 9.78 Å². The highest BCUT2D eigenvalue weighted by molar-refractivity contribution is 7.91. The summed E-state index contributed by atoms with van der Waals surface area (Å²) in [7, 11) is -3.12. The third-order valence-electron chi connectivity index (χ3n) is 4.96. The molecule has 9 nitrogen and oxygen atoms in total. The van der Waals surface area contributed by atoms with Crippen molar-refractivity contribution >= 4 is 27.2 Å². The van der Waals surface area contributed by atoms with E-state index < -0.39 is 20.7 Å². The number of aryl methyl sites for hydroxylation is 1. The van der Waals surface area contributed by atoms with Crippen LogP contribution in [0.3, 0.4) is 0 Å². The molecule has 0 aliphatic carbocycles. The molecule has 1 saturated heterocycles. The van der Waals surface area contributed by atoms with E-state index in [1.807, 2.05) is 20.8 Å². The average Bonchev–Trinajstić information content (AvgIpc) is 3.17. The monoisotopic (exact) mass is 420 g/mol. The highest BCUT2D eigenvalue weighted by Crippen LogP contribution is 2.31. The number of nitro benzene ring substituents is 1. The van der Waals surface area contributed by atoms with Crippen LogP contribution in [0, 0.1) is 17.0 Å². The van der Waals surface area contributed by atoms with E-state index in [9.17, 15) is 23.3 Å². The van der Waals surface area contributed by atoms with E-state index in [1.54, 1.807) is 17.7 Å². The van der Waals surface area contributed by atoms with Crippen molar-refractivity contribution in [3.8, 4) is 0 Å². The van der Waals surface area contributed by atoms with E-state index in [4.69, 9.17) is 0 Å². The number of anilines is 1. The minimum Gasteiger partial charge on any atom is -0.307 e. The molecule has 2 heterocycles. The number of hydrogen-bond donors (Lipinski definition) is 1. The molecule has 0 radical (unpaired) electrons. The normalized spacial score (nSPS) is 18.6. The summed E-state index contributed by atoms with van der Waals surface area (Å²) in [6.07, 6.45) is 0.438. The summed E-state index contributed by atoms with van der Waals surface area (Å²) in [6, 6.07) is 5.56. The third kappa shape index (κ3) is 4.47. The van der Waals surface area contributed by atoms with Crippen molar-refractivity contribution < 1.29 is 18.1 Å². The molecule has 1 fully saturated rings. The summed E-state index contributed by atoms with van der Waals surface area (Å²) in [5.41, 5.74) is 1.05. The smallest absolute Gasteiger partial charge is 0.272 e. The maximum Gasteiger partial charge on any atom is 0.272 e. The Labute approximate surface area is 169 Å². The molecule has 1 unspecified atom stereocenters. The lowest BCUT2D eigenvalue weighted by Gasteiger charge is -2.15. The molecule has 1 atom stereocenters. The van der Waals surface area contributed by atoms with Crippen LogP contribution in [0.4, 0.5) is 11.5 Å². The predicted molar refractivity (Wildman–Crippen MR) is 109 cm³/mol. The van der Waals surface area contributed by atoms with E-state index in [2.05, 4.69) is 10.4 Å². The average molecular weight is 420 g/mol. The van der Waals surface area contributed by atoms with E-state index in [-0.39, 0.29) is 34.2 Å². The quantitative estimate of drug-likeness (QED) is 0.599. The zero-order valence-electron chi connectivity index (χ0n) is 16.8. The van der Waals surface area contributed by atoms with E-state index in [0.717, 1.165) is 5.69 Å². The van der Waals surface area contributed by atoms with E-state index in [1.165, 1.54) is 18.2 Å². The van der Waals surface area contributed by atoms with Crippen LogP contribution >= 0.6 is 0 Å². The van der Waals surface area contributed by atoms with Crippen LogP contribution < -0.4 is 5.32 Å². The fourth-order valence-electron chi connectivity index (χ4n) is 3.29. The summed E-state index contributed by atoms with van der Waals surface area (Å²) in [6.45, 7) is 7.52. The molecule has 0 saturated carbocycles. The van der Waals surface area contributed by atoms with Gasteiger partial charge >= 0.3 is 0 Å². The molecule has 1 N–H and O–H groups in total. The van der Waals surface area contributed by atoms with Gasteiger partial charge in [0.2, 0.25) is 0 Å². The molecule has 29 heavy (non-hydrogen) atoms. The van der Waals surface area contributed by atoms with Crippen molar-refractivity contribution in [2.75, 3.05) is 16.8 Å². The topological polar surface area (TPSA) is 124 Å². The van der Waals surface area contributed by atoms with Gasteiger partial charge in [0.25, 0.3) is 11.6 Å². The Balaban J connectivity index is 1.93. The minimum atomic E-state index is -3.12. The lowest BCUT2D eigenvalue weighted by molar-refractivity contribution is -0.385. The molecule has 156 valence electrons. The Morgan fingerprint density at radius 2 is 2.00 bits per heavy atom. The number of carbonyl (C=O) groups is 1. The molecular formula is C19H24N4O5S. The lowest BCUT2D eigenvalue weighted by atomic mass is 9.92. The van der Waals surface area contributed by atoms with Crippen molar-refractivity contribution in [2.24, 2.45) is 0 Å². The number of nitrogens with one attached hydrogen (secondary N) is 1. The van der Waals surface area contributed by atoms with E-state index in [0.29, 0.717) is 17.8 Å². The second-order valence-corrected chi connectivity index (χ2v) is 10.6. The number of rotatable bonds is 4. The van der Waals surface area contributed by atoms with Crippen LogP contribution in [0.15, 0.2) is 24.3 Å². The Morgan fingerprint density at radius 1 is 1.31 bits per heavy atom. The lowest BCUT2D eigenvalue weighted by Crippen LogP contribution is -2.20. The Morgan fingerprint density at radius 3 is 2.52 bits per heavy atom. The first-order valence-corrected chi connectivity index (χ1v) is 11.1. The maximum atomic E-state index is 12.8. The first-order valence-electron chi connectivity index (χ1n) is 9.24. The second-order valence-electron chi connectivity index (χ2n) is 8.38. The van der Waals surface area contributed by atoms with Gasteiger partial charge in [0.1, 0.15) is 5.82 Å². The summed E-state index contributed by atoms with van der Waals surface area (Å²) < 4.78 is 25.4.